The lowest BCUT2D eigenvalue weighted by Gasteiger charge is -2.12. The summed E-state index contributed by atoms with van der Waals surface area (Å²) in [4.78, 5) is 21.3. The summed E-state index contributed by atoms with van der Waals surface area (Å²) in [5.41, 5.74) is 3.99. The molecule has 0 radical (unpaired) electrons. The van der Waals surface area contributed by atoms with Crippen LogP contribution in [0.25, 0.3) is 10.9 Å². The van der Waals surface area contributed by atoms with Crippen LogP contribution in [0.2, 0.25) is 0 Å². The maximum absolute atomic E-state index is 12.7. The fourth-order valence-electron chi connectivity index (χ4n) is 2.42. The first-order chi connectivity index (χ1) is 11.1. The summed E-state index contributed by atoms with van der Waals surface area (Å²) in [6.07, 6.45) is 1.55. The predicted molar refractivity (Wildman–Crippen MR) is 95.1 cm³/mol. The van der Waals surface area contributed by atoms with E-state index in [4.69, 9.17) is 0 Å². The van der Waals surface area contributed by atoms with Crippen LogP contribution in [0.1, 0.15) is 28.4 Å². The fraction of sp³-hybridized carbons (Fsp3) is 0.211. The zero-order valence-electron chi connectivity index (χ0n) is 13.4. The van der Waals surface area contributed by atoms with E-state index in [1.807, 2.05) is 56.3 Å². The van der Waals surface area contributed by atoms with Gasteiger partial charge in [-0.25, -0.2) is 9.97 Å². The zero-order chi connectivity index (χ0) is 16.4. The first kappa shape index (κ1) is 15.7. The number of para-hydroxylation sites is 1. The predicted octanol–water partition coefficient (Wildman–Crippen LogP) is 4.61. The highest BCUT2D eigenvalue weighted by Crippen LogP contribution is 2.29. The summed E-state index contributed by atoms with van der Waals surface area (Å²) in [5.74, 6) is 0.126. The quantitative estimate of drug-likeness (QED) is 0.400. The summed E-state index contributed by atoms with van der Waals surface area (Å²) >= 11 is 1.49. The second kappa shape index (κ2) is 6.50. The van der Waals surface area contributed by atoms with Crippen LogP contribution in [0.4, 0.5) is 0 Å². The molecule has 1 atom stereocenters. The Bertz CT molecular complexity index is 871. The van der Waals surface area contributed by atoms with Crippen LogP contribution in [-0.2, 0) is 0 Å². The largest absolute Gasteiger partial charge is 0.293 e. The van der Waals surface area contributed by atoms with Crippen LogP contribution in [0.15, 0.2) is 53.8 Å². The lowest BCUT2D eigenvalue weighted by Crippen LogP contribution is -2.14. The molecule has 0 unspecified atom stereocenters. The normalized spacial score (nSPS) is 12.3. The Labute approximate surface area is 140 Å². The lowest BCUT2D eigenvalue weighted by atomic mass is 10.0. The number of thioether (sulfide) groups is 1. The number of hydrogen-bond acceptors (Lipinski definition) is 4. The van der Waals surface area contributed by atoms with E-state index in [0.29, 0.717) is 0 Å². The fourth-order valence-corrected chi connectivity index (χ4v) is 3.41. The molecule has 0 amide bonds. The van der Waals surface area contributed by atoms with Gasteiger partial charge in [0.25, 0.3) is 0 Å². The van der Waals surface area contributed by atoms with Gasteiger partial charge in [0.2, 0.25) is 0 Å². The van der Waals surface area contributed by atoms with E-state index in [1.165, 1.54) is 17.3 Å². The number of hydrogen-bond donors (Lipinski definition) is 0. The molecule has 0 N–H and O–H groups in total. The average Bonchev–Trinajstić information content (AvgIpc) is 2.57. The van der Waals surface area contributed by atoms with E-state index >= 15 is 0 Å². The number of aromatic nitrogens is 2. The van der Waals surface area contributed by atoms with Crippen LogP contribution < -0.4 is 0 Å². The van der Waals surface area contributed by atoms with Crippen molar-refractivity contribution in [1.29, 1.82) is 0 Å². The number of carbonyl (C=O) groups excluding carboxylic acids is 1. The molecule has 2 aromatic carbocycles. The molecule has 0 aliphatic rings. The molecule has 4 heteroatoms. The Morgan fingerprint density at radius 2 is 1.83 bits per heavy atom. The maximum atomic E-state index is 12.7. The standard InChI is InChI=1S/C19H18N2OS/c1-12-8-9-15(10-13(12)2)18(22)14(3)23-19-16-6-4-5-7-17(16)20-11-21-19/h4-11,14H,1-3H3/t14-/m1/s1. The minimum Gasteiger partial charge on any atom is -0.293 e. The number of nitrogens with zero attached hydrogens (tertiary/aromatic N) is 2. The number of benzene rings is 2. The van der Waals surface area contributed by atoms with Crippen LogP contribution in [0.3, 0.4) is 0 Å². The van der Waals surface area contributed by atoms with E-state index in [-0.39, 0.29) is 11.0 Å². The third-order valence-electron chi connectivity index (χ3n) is 3.96. The van der Waals surface area contributed by atoms with Gasteiger partial charge in [0, 0.05) is 10.9 Å². The van der Waals surface area contributed by atoms with E-state index < -0.39 is 0 Å². The molecule has 0 spiro atoms. The van der Waals surface area contributed by atoms with Crippen LogP contribution in [0.5, 0.6) is 0 Å². The molecule has 3 rings (SSSR count). The SMILES string of the molecule is Cc1ccc(C(=O)[C@@H](C)Sc2ncnc3ccccc23)cc1C. The summed E-state index contributed by atoms with van der Waals surface area (Å²) in [7, 11) is 0. The summed E-state index contributed by atoms with van der Waals surface area (Å²) < 4.78 is 0. The number of Topliss-reactive ketones (excluding diaryl/α,β-unsaturated/α-hetero) is 1. The van der Waals surface area contributed by atoms with Gasteiger partial charge < -0.3 is 0 Å². The monoisotopic (exact) mass is 322 g/mol. The van der Waals surface area contributed by atoms with Gasteiger partial charge in [0.05, 0.1) is 10.8 Å². The highest BCUT2D eigenvalue weighted by atomic mass is 32.2. The molecule has 0 saturated carbocycles. The van der Waals surface area contributed by atoms with Crippen LogP contribution >= 0.6 is 11.8 Å². The number of carbonyl (C=O) groups is 1. The summed E-state index contributed by atoms with van der Waals surface area (Å²) in [5, 5.41) is 1.63. The van der Waals surface area contributed by atoms with Crippen molar-refractivity contribution in [2.45, 2.75) is 31.0 Å². The minimum absolute atomic E-state index is 0.126. The Balaban J connectivity index is 1.86. The Morgan fingerprint density at radius 1 is 1.04 bits per heavy atom. The summed E-state index contributed by atoms with van der Waals surface area (Å²) in [6, 6.07) is 13.7. The molecule has 0 fully saturated rings. The van der Waals surface area contributed by atoms with Crippen molar-refractivity contribution < 1.29 is 4.79 Å². The van der Waals surface area contributed by atoms with Gasteiger partial charge in [-0.05, 0) is 44.0 Å². The highest BCUT2D eigenvalue weighted by molar-refractivity contribution is 8.00. The smallest absolute Gasteiger partial charge is 0.175 e. The molecule has 0 aliphatic heterocycles. The van der Waals surface area contributed by atoms with Gasteiger partial charge in [-0.15, -0.1) is 0 Å². The average molecular weight is 322 g/mol. The van der Waals surface area contributed by atoms with E-state index in [2.05, 4.69) is 16.9 Å². The van der Waals surface area contributed by atoms with Crippen molar-refractivity contribution in [2.24, 2.45) is 0 Å². The lowest BCUT2D eigenvalue weighted by molar-refractivity contribution is 0.0994. The van der Waals surface area contributed by atoms with Crippen molar-refractivity contribution in [3.05, 3.63) is 65.5 Å². The van der Waals surface area contributed by atoms with Crippen LogP contribution in [-0.4, -0.2) is 21.0 Å². The first-order valence-electron chi connectivity index (χ1n) is 7.54. The van der Waals surface area contributed by atoms with Gasteiger partial charge in [-0.3, -0.25) is 4.79 Å². The number of ketones is 1. The van der Waals surface area contributed by atoms with Crippen molar-refractivity contribution in [1.82, 2.24) is 9.97 Å². The molecule has 0 saturated heterocycles. The number of rotatable bonds is 4. The molecule has 0 bridgehead atoms. The zero-order valence-corrected chi connectivity index (χ0v) is 14.2. The molecule has 3 nitrogen and oxygen atoms in total. The topological polar surface area (TPSA) is 42.9 Å². The molecule has 116 valence electrons. The molecule has 0 aliphatic carbocycles. The first-order valence-corrected chi connectivity index (χ1v) is 8.42. The van der Waals surface area contributed by atoms with E-state index in [0.717, 1.165) is 27.1 Å². The Morgan fingerprint density at radius 3 is 2.61 bits per heavy atom. The van der Waals surface area contributed by atoms with Crippen molar-refractivity contribution in [2.75, 3.05) is 0 Å². The molecule has 3 aromatic rings. The van der Waals surface area contributed by atoms with E-state index in [9.17, 15) is 4.79 Å². The number of fused-ring (bicyclic) bond motifs is 1. The van der Waals surface area contributed by atoms with E-state index in [1.54, 1.807) is 6.33 Å². The van der Waals surface area contributed by atoms with Gasteiger partial charge >= 0.3 is 0 Å². The molecule has 1 heterocycles. The third kappa shape index (κ3) is 3.27. The van der Waals surface area contributed by atoms with Crippen molar-refractivity contribution in [3.63, 3.8) is 0 Å². The van der Waals surface area contributed by atoms with Gasteiger partial charge in [-0.2, -0.15) is 0 Å². The van der Waals surface area contributed by atoms with Crippen molar-refractivity contribution >= 4 is 28.4 Å². The number of aryl methyl sites for hydroxylation is 2. The molecular weight excluding hydrogens is 304 g/mol. The summed E-state index contributed by atoms with van der Waals surface area (Å²) in [6.45, 7) is 6.01. The Hall–Kier alpha value is -2.20. The second-order valence-electron chi connectivity index (χ2n) is 5.62. The molecule has 23 heavy (non-hydrogen) atoms. The van der Waals surface area contributed by atoms with Gasteiger partial charge in [0.15, 0.2) is 5.78 Å². The van der Waals surface area contributed by atoms with Gasteiger partial charge in [0.1, 0.15) is 11.4 Å². The Kier molecular flexibility index (Phi) is 4.44. The molecular formula is C19H18N2OS. The molecule has 1 aromatic heterocycles. The minimum atomic E-state index is -0.199. The van der Waals surface area contributed by atoms with Crippen LogP contribution in [0, 0.1) is 13.8 Å². The maximum Gasteiger partial charge on any atom is 0.175 e. The highest BCUT2D eigenvalue weighted by Gasteiger charge is 2.18. The van der Waals surface area contributed by atoms with Crippen molar-refractivity contribution in [3.8, 4) is 0 Å². The van der Waals surface area contributed by atoms with Gasteiger partial charge in [-0.1, -0.05) is 42.1 Å². The second-order valence-corrected chi connectivity index (χ2v) is 6.95. The third-order valence-corrected chi connectivity index (χ3v) is 5.07.